The van der Waals surface area contributed by atoms with Gasteiger partial charge in [-0.1, -0.05) is 147 Å². The summed E-state index contributed by atoms with van der Waals surface area (Å²) in [6.45, 7) is 4.57. The molecule has 0 aliphatic rings. The van der Waals surface area contributed by atoms with Gasteiger partial charge in [0, 0.05) is 18.0 Å². The first-order chi connectivity index (χ1) is 17.3. The average molecular weight is 479 g/mol. The molecule has 1 aromatic carbocycles. The van der Waals surface area contributed by atoms with Gasteiger partial charge in [-0.15, -0.1) is 0 Å². The number of hydrogen-bond acceptors (Lipinski definition) is 2. The third kappa shape index (κ3) is 14.5. The molecule has 0 bridgehead atoms. The topological polar surface area (TPSA) is 25.8 Å². The van der Waals surface area contributed by atoms with Crippen LogP contribution in [0.3, 0.4) is 0 Å². The summed E-state index contributed by atoms with van der Waals surface area (Å²) in [7, 11) is 0. The lowest BCUT2D eigenvalue weighted by molar-refractivity contribution is 0.535. The van der Waals surface area contributed by atoms with Crippen LogP contribution < -0.4 is 0 Å². The summed E-state index contributed by atoms with van der Waals surface area (Å²) in [4.78, 5) is 9.30. The number of rotatable bonds is 22. The predicted octanol–water partition coefficient (Wildman–Crippen LogP) is 10.7. The standard InChI is InChI=1S/C33H54N2/c1-3-5-7-9-10-11-12-13-14-15-16-17-19-21-23-31-28-34-33(35-29-31)32-26-24-30(25-27-32)22-20-18-8-6-4-2/h24-29H,3-23H2,1-2H3. The zero-order chi connectivity index (χ0) is 24.8. The van der Waals surface area contributed by atoms with Crippen LogP contribution >= 0.6 is 0 Å². The van der Waals surface area contributed by atoms with Crippen molar-refractivity contribution >= 4 is 0 Å². The highest BCUT2D eigenvalue weighted by atomic mass is 14.9. The van der Waals surface area contributed by atoms with E-state index < -0.39 is 0 Å². The lowest BCUT2D eigenvalue weighted by atomic mass is 10.0. The van der Waals surface area contributed by atoms with Crippen LogP contribution in [0.4, 0.5) is 0 Å². The average Bonchev–Trinajstić information content (AvgIpc) is 2.89. The fourth-order valence-corrected chi connectivity index (χ4v) is 4.91. The summed E-state index contributed by atoms with van der Waals surface area (Å²) in [5, 5.41) is 0. The zero-order valence-electron chi connectivity index (χ0n) is 23.2. The highest BCUT2D eigenvalue weighted by Gasteiger charge is 2.03. The van der Waals surface area contributed by atoms with Gasteiger partial charge in [0.05, 0.1) is 0 Å². The molecule has 0 saturated carbocycles. The molecule has 0 unspecified atom stereocenters. The van der Waals surface area contributed by atoms with Crippen molar-refractivity contribution in [3.05, 3.63) is 47.8 Å². The largest absolute Gasteiger partial charge is 0.236 e. The van der Waals surface area contributed by atoms with Crippen molar-refractivity contribution in [3.63, 3.8) is 0 Å². The minimum atomic E-state index is 0.851. The first-order valence-electron chi connectivity index (χ1n) is 15.2. The van der Waals surface area contributed by atoms with Crippen molar-refractivity contribution in [1.82, 2.24) is 9.97 Å². The first kappa shape index (κ1) is 29.5. The lowest BCUT2D eigenvalue weighted by Gasteiger charge is -2.06. The SMILES string of the molecule is CCCCCCCCCCCCCCCCc1cnc(-c2ccc(CCCCCCC)cc2)nc1. The predicted molar refractivity (Wildman–Crippen MR) is 154 cm³/mol. The van der Waals surface area contributed by atoms with Gasteiger partial charge in [-0.3, -0.25) is 0 Å². The van der Waals surface area contributed by atoms with Gasteiger partial charge in [0.15, 0.2) is 5.82 Å². The van der Waals surface area contributed by atoms with Crippen molar-refractivity contribution in [2.45, 2.75) is 149 Å². The van der Waals surface area contributed by atoms with E-state index in [1.807, 2.05) is 12.4 Å². The molecule has 0 aliphatic heterocycles. The molecule has 35 heavy (non-hydrogen) atoms. The van der Waals surface area contributed by atoms with E-state index in [9.17, 15) is 0 Å². The van der Waals surface area contributed by atoms with Crippen LogP contribution in [0.1, 0.15) is 147 Å². The van der Waals surface area contributed by atoms with E-state index in [1.165, 1.54) is 140 Å². The molecule has 196 valence electrons. The molecule has 0 saturated heterocycles. The Labute approximate surface area is 217 Å². The fourth-order valence-electron chi connectivity index (χ4n) is 4.91. The number of aromatic nitrogens is 2. The summed E-state index contributed by atoms with van der Waals surface area (Å²) in [5.41, 5.74) is 3.83. The number of nitrogens with zero attached hydrogens (tertiary/aromatic N) is 2. The minimum absolute atomic E-state index is 0.851. The third-order valence-corrected chi connectivity index (χ3v) is 7.31. The van der Waals surface area contributed by atoms with Gasteiger partial charge in [0.2, 0.25) is 0 Å². The Kier molecular flexibility index (Phi) is 17.3. The smallest absolute Gasteiger partial charge is 0.159 e. The van der Waals surface area contributed by atoms with E-state index >= 15 is 0 Å². The van der Waals surface area contributed by atoms with Crippen LogP contribution in [0.15, 0.2) is 36.7 Å². The van der Waals surface area contributed by atoms with Crippen LogP contribution in [-0.4, -0.2) is 9.97 Å². The number of unbranched alkanes of at least 4 members (excludes halogenated alkanes) is 17. The molecule has 0 N–H and O–H groups in total. The maximum absolute atomic E-state index is 4.65. The van der Waals surface area contributed by atoms with Crippen molar-refractivity contribution in [2.75, 3.05) is 0 Å². The Morgan fingerprint density at radius 3 is 1.23 bits per heavy atom. The quantitative estimate of drug-likeness (QED) is 0.157. The summed E-state index contributed by atoms with van der Waals surface area (Å²) in [5.74, 6) is 0.851. The monoisotopic (exact) mass is 478 g/mol. The molecule has 2 nitrogen and oxygen atoms in total. The van der Waals surface area contributed by atoms with E-state index in [1.54, 1.807) is 0 Å². The van der Waals surface area contributed by atoms with E-state index in [-0.39, 0.29) is 0 Å². The highest BCUT2D eigenvalue weighted by Crippen LogP contribution is 2.18. The van der Waals surface area contributed by atoms with Crippen molar-refractivity contribution in [3.8, 4) is 11.4 Å². The molecule has 1 aromatic heterocycles. The van der Waals surface area contributed by atoms with Gasteiger partial charge < -0.3 is 0 Å². The van der Waals surface area contributed by atoms with Crippen molar-refractivity contribution < 1.29 is 0 Å². The Bertz CT molecular complexity index is 720. The van der Waals surface area contributed by atoms with Crippen LogP contribution in [-0.2, 0) is 12.8 Å². The number of aryl methyl sites for hydroxylation is 2. The second-order valence-electron chi connectivity index (χ2n) is 10.6. The van der Waals surface area contributed by atoms with Crippen molar-refractivity contribution in [1.29, 1.82) is 0 Å². The number of hydrogen-bond donors (Lipinski definition) is 0. The molecular weight excluding hydrogens is 424 g/mol. The van der Waals surface area contributed by atoms with E-state index in [4.69, 9.17) is 0 Å². The fraction of sp³-hybridized carbons (Fsp3) is 0.697. The Hall–Kier alpha value is -1.70. The lowest BCUT2D eigenvalue weighted by Crippen LogP contribution is -1.94. The van der Waals surface area contributed by atoms with E-state index in [2.05, 4.69) is 48.1 Å². The Morgan fingerprint density at radius 2 is 0.800 bits per heavy atom. The Morgan fingerprint density at radius 1 is 0.429 bits per heavy atom. The molecule has 0 radical (unpaired) electrons. The maximum Gasteiger partial charge on any atom is 0.159 e. The molecule has 0 fully saturated rings. The number of benzene rings is 1. The summed E-state index contributed by atoms with van der Waals surface area (Å²) in [6, 6.07) is 8.87. The molecule has 0 atom stereocenters. The second kappa shape index (κ2) is 20.5. The van der Waals surface area contributed by atoms with E-state index in [0.717, 1.165) is 17.8 Å². The molecule has 2 aromatic rings. The molecule has 2 heteroatoms. The molecule has 0 amide bonds. The van der Waals surface area contributed by atoms with Gasteiger partial charge in [0.25, 0.3) is 0 Å². The van der Waals surface area contributed by atoms with E-state index in [0.29, 0.717) is 0 Å². The van der Waals surface area contributed by atoms with Gasteiger partial charge >= 0.3 is 0 Å². The van der Waals surface area contributed by atoms with Gasteiger partial charge in [-0.2, -0.15) is 0 Å². The Balaban J connectivity index is 1.50. The first-order valence-corrected chi connectivity index (χ1v) is 15.2. The molecule has 2 rings (SSSR count). The normalized spacial score (nSPS) is 11.3. The zero-order valence-corrected chi connectivity index (χ0v) is 23.2. The van der Waals surface area contributed by atoms with Gasteiger partial charge in [0.1, 0.15) is 0 Å². The molecule has 1 heterocycles. The van der Waals surface area contributed by atoms with Crippen LogP contribution in [0, 0.1) is 0 Å². The van der Waals surface area contributed by atoms with Crippen LogP contribution in [0.25, 0.3) is 11.4 Å². The molecular formula is C33H54N2. The van der Waals surface area contributed by atoms with Gasteiger partial charge in [-0.05, 0) is 36.8 Å². The highest BCUT2D eigenvalue weighted by molar-refractivity contribution is 5.55. The molecule has 0 aliphatic carbocycles. The van der Waals surface area contributed by atoms with Crippen LogP contribution in [0.5, 0.6) is 0 Å². The van der Waals surface area contributed by atoms with Crippen LogP contribution in [0.2, 0.25) is 0 Å². The van der Waals surface area contributed by atoms with Gasteiger partial charge in [-0.25, -0.2) is 9.97 Å². The summed E-state index contributed by atoms with van der Waals surface area (Å²) in [6.07, 6.45) is 32.8. The minimum Gasteiger partial charge on any atom is -0.236 e. The second-order valence-corrected chi connectivity index (χ2v) is 10.6. The maximum atomic E-state index is 4.65. The summed E-state index contributed by atoms with van der Waals surface area (Å²) < 4.78 is 0. The van der Waals surface area contributed by atoms with Crippen molar-refractivity contribution in [2.24, 2.45) is 0 Å². The summed E-state index contributed by atoms with van der Waals surface area (Å²) >= 11 is 0. The third-order valence-electron chi connectivity index (χ3n) is 7.31. The molecule has 0 spiro atoms.